The number of aromatic nitrogens is 1. The maximum Gasteiger partial charge on any atom is 0.248 e. The van der Waals surface area contributed by atoms with Crippen molar-refractivity contribution in [2.75, 3.05) is 19.7 Å². The number of allylic oxidation sites excluding steroid dienone is 6. The topological polar surface area (TPSA) is 106 Å². The van der Waals surface area contributed by atoms with Crippen molar-refractivity contribution in [1.29, 1.82) is 0 Å². The molecule has 1 amide bonds. The third-order valence-corrected chi connectivity index (χ3v) is 10.6. The zero-order chi connectivity index (χ0) is 29.7. The summed E-state index contributed by atoms with van der Waals surface area (Å²) >= 11 is 2.96. The van der Waals surface area contributed by atoms with Crippen LogP contribution in [-0.4, -0.2) is 61.5 Å². The molecule has 1 unspecified atom stereocenters. The number of nitrogens with zero attached hydrogens (tertiary/aromatic N) is 3. The van der Waals surface area contributed by atoms with Crippen LogP contribution in [0.3, 0.4) is 0 Å². The van der Waals surface area contributed by atoms with Crippen LogP contribution in [0.1, 0.15) is 72.4 Å². The number of carbonyl (C=O) groups excluding carboxylic acids is 1. The summed E-state index contributed by atoms with van der Waals surface area (Å²) in [5.74, 6) is 0.0932. The molecular formula is C33H39N3O4S2. The third kappa shape index (κ3) is 7.38. The SMILES string of the molecule is C=C(SC(=NCc1ccc(C2CC(C)(O)C2)cc1)c1cnc(C2(O)CCCN(C(=O)CO)CC2)s1)C1=CC=CC=CC1. The van der Waals surface area contributed by atoms with Crippen LogP contribution in [0, 0.1) is 0 Å². The summed E-state index contributed by atoms with van der Waals surface area (Å²) in [6.07, 6.45) is 15.9. The van der Waals surface area contributed by atoms with Crippen LogP contribution >= 0.6 is 23.1 Å². The number of hydrogen-bond acceptors (Lipinski definition) is 8. The number of rotatable bonds is 8. The van der Waals surface area contributed by atoms with Gasteiger partial charge in [-0.1, -0.05) is 73.0 Å². The van der Waals surface area contributed by atoms with E-state index < -0.39 is 17.8 Å². The summed E-state index contributed by atoms with van der Waals surface area (Å²) in [7, 11) is 0. The monoisotopic (exact) mass is 605 g/mol. The molecule has 222 valence electrons. The highest BCUT2D eigenvalue weighted by atomic mass is 32.2. The van der Waals surface area contributed by atoms with E-state index in [1.165, 1.54) is 28.7 Å². The molecule has 1 aromatic carbocycles. The van der Waals surface area contributed by atoms with E-state index in [0.717, 1.165) is 45.2 Å². The smallest absolute Gasteiger partial charge is 0.248 e. The molecule has 1 aromatic heterocycles. The number of aliphatic hydroxyl groups is 3. The fourth-order valence-electron chi connectivity index (χ4n) is 5.69. The molecule has 3 N–H and O–H groups in total. The van der Waals surface area contributed by atoms with Gasteiger partial charge in [0.15, 0.2) is 0 Å². The van der Waals surface area contributed by atoms with Gasteiger partial charge in [0.1, 0.15) is 22.3 Å². The second-order valence-corrected chi connectivity index (χ2v) is 13.8. The molecule has 0 bridgehead atoms. The lowest BCUT2D eigenvalue weighted by molar-refractivity contribution is -0.134. The Labute approximate surface area is 256 Å². The lowest BCUT2D eigenvalue weighted by atomic mass is 9.69. The average Bonchev–Trinajstić information content (AvgIpc) is 3.18. The molecule has 9 heteroatoms. The summed E-state index contributed by atoms with van der Waals surface area (Å²) in [5.41, 5.74) is 1.78. The van der Waals surface area contributed by atoms with Crippen molar-refractivity contribution >= 4 is 34.0 Å². The summed E-state index contributed by atoms with van der Waals surface area (Å²) in [4.78, 5) is 25.1. The van der Waals surface area contributed by atoms with Gasteiger partial charge in [0.2, 0.25) is 5.91 Å². The van der Waals surface area contributed by atoms with Gasteiger partial charge < -0.3 is 20.2 Å². The van der Waals surface area contributed by atoms with E-state index in [9.17, 15) is 20.1 Å². The van der Waals surface area contributed by atoms with Crippen molar-refractivity contribution in [2.45, 2.75) is 69.1 Å². The number of likely N-dealkylation sites (tertiary alicyclic amines) is 1. The van der Waals surface area contributed by atoms with Crippen molar-refractivity contribution in [3.63, 3.8) is 0 Å². The van der Waals surface area contributed by atoms with Gasteiger partial charge in [0.25, 0.3) is 0 Å². The molecule has 2 aromatic rings. The van der Waals surface area contributed by atoms with Crippen LogP contribution in [-0.2, 0) is 16.9 Å². The van der Waals surface area contributed by atoms with Gasteiger partial charge in [0.05, 0.1) is 17.0 Å². The molecule has 2 fully saturated rings. The van der Waals surface area contributed by atoms with Gasteiger partial charge >= 0.3 is 0 Å². The summed E-state index contributed by atoms with van der Waals surface area (Å²) in [6, 6.07) is 8.50. The molecule has 0 spiro atoms. The van der Waals surface area contributed by atoms with E-state index in [0.29, 0.717) is 49.8 Å². The van der Waals surface area contributed by atoms with Crippen molar-refractivity contribution in [3.05, 3.63) is 98.9 Å². The van der Waals surface area contributed by atoms with E-state index in [-0.39, 0.29) is 5.91 Å². The number of benzene rings is 1. The summed E-state index contributed by atoms with van der Waals surface area (Å²) < 4.78 is 0. The quantitative estimate of drug-likeness (QED) is 0.267. The minimum absolute atomic E-state index is 0.312. The van der Waals surface area contributed by atoms with Crippen LogP contribution in [0.4, 0.5) is 0 Å². The molecular weight excluding hydrogens is 567 g/mol. The molecule has 1 saturated heterocycles. The molecule has 1 saturated carbocycles. The fourth-order valence-corrected chi connectivity index (χ4v) is 7.71. The van der Waals surface area contributed by atoms with E-state index in [4.69, 9.17) is 4.99 Å². The van der Waals surface area contributed by atoms with Crippen LogP contribution < -0.4 is 0 Å². The first kappa shape index (κ1) is 30.6. The molecule has 5 rings (SSSR count). The predicted octanol–water partition coefficient (Wildman–Crippen LogP) is 5.60. The Bertz CT molecular complexity index is 1410. The van der Waals surface area contributed by atoms with Crippen LogP contribution in [0.2, 0.25) is 0 Å². The van der Waals surface area contributed by atoms with Gasteiger partial charge in [-0.25, -0.2) is 4.98 Å². The Hall–Kier alpha value is -2.82. The zero-order valence-corrected chi connectivity index (χ0v) is 25.7. The molecule has 0 radical (unpaired) electrons. The number of thiazole rings is 1. The highest BCUT2D eigenvalue weighted by Crippen LogP contribution is 2.44. The largest absolute Gasteiger partial charge is 0.390 e. The van der Waals surface area contributed by atoms with Crippen molar-refractivity contribution < 1.29 is 20.1 Å². The first-order valence-corrected chi connectivity index (χ1v) is 16.1. The number of aliphatic hydroxyl groups excluding tert-OH is 1. The second kappa shape index (κ2) is 13.2. The Kier molecular flexibility index (Phi) is 9.64. The molecule has 1 aliphatic heterocycles. The van der Waals surface area contributed by atoms with Gasteiger partial charge in [0, 0.05) is 30.6 Å². The maximum atomic E-state index is 12.0. The Morgan fingerprint density at radius 3 is 2.69 bits per heavy atom. The first-order valence-electron chi connectivity index (χ1n) is 14.5. The standard InChI is InChI=1S/C33H39N3O4S2/c1-23(25-8-5-3-4-6-9-25)41-30(34-20-24-10-12-26(13-11-24)27-18-32(2,39)19-27)28-21-35-31(42-28)33(40)14-7-16-36(17-15-33)29(38)22-37/h3-6,8,10-13,21,27,37,39-40H,1,7,9,14-20,22H2,2H3. The minimum atomic E-state index is -1.14. The molecule has 3 aliphatic rings. The zero-order valence-electron chi connectivity index (χ0n) is 24.0. The third-order valence-electron chi connectivity index (χ3n) is 8.22. The number of hydrogen-bond donors (Lipinski definition) is 3. The van der Waals surface area contributed by atoms with Crippen LogP contribution in [0.15, 0.2) is 82.9 Å². The lowest BCUT2D eigenvalue weighted by Crippen LogP contribution is -2.39. The van der Waals surface area contributed by atoms with Crippen molar-refractivity contribution in [3.8, 4) is 0 Å². The molecule has 42 heavy (non-hydrogen) atoms. The van der Waals surface area contributed by atoms with Gasteiger partial charge in [-0.2, -0.15) is 0 Å². The van der Waals surface area contributed by atoms with E-state index >= 15 is 0 Å². The van der Waals surface area contributed by atoms with Crippen molar-refractivity contribution in [1.82, 2.24) is 9.88 Å². The van der Waals surface area contributed by atoms with Gasteiger partial charge in [-0.05, 0) is 61.6 Å². The molecule has 1 atom stereocenters. The first-order chi connectivity index (χ1) is 20.2. The minimum Gasteiger partial charge on any atom is -0.390 e. The predicted molar refractivity (Wildman–Crippen MR) is 171 cm³/mol. The normalized spacial score (nSPS) is 26.3. The molecule has 2 aliphatic carbocycles. The van der Waals surface area contributed by atoms with E-state index in [1.54, 1.807) is 11.1 Å². The maximum absolute atomic E-state index is 12.0. The summed E-state index contributed by atoms with van der Waals surface area (Å²) in [6.45, 7) is 7.11. The fraction of sp³-hybridized carbons (Fsp3) is 0.424. The van der Waals surface area contributed by atoms with Crippen LogP contribution in [0.25, 0.3) is 0 Å². The highest BCUT2D eigenvalue weighted by Gasteiger charge is 2.39. The Balaban J connectivity index is 1.35. The highest BCUT2D eigenvalue weighted by molar-refractivity contribution is 8.18. The van der Waals surface area contributed by atoms with Gasteiger partial charge in [-0.3, -0.25) is 9.79 Å². The summed E-state index contributed by atoms with van der Waals surface area (Å²) in [5, 5.41) is 32.4. The molecule has 2 heterocycles. The van der Waals surface area contributed by atoms with Gasteiger partial charge in [-0.15, -0.1) is 11.3 Å². The number of aliphatic imine (C=N–C) groups is 1. The van der Waals surface area contributed by atoms with E-state index in [2.05, 4.69) is 48.0 Å². The number of amides is 1. The number of carbonyl (C=O) groups is 1. The van der Waals surface area contributed by atoms with Crippen molar-refractivity contribution in [2.24, 2.45) is 4.99 Å². The Morgan fingerprint density at radius 2 is 1.95 bits per heavy atom. The van der Waals surface area contributed by atoms with E-state index in [1.807, 2.05) is 25.2 Å². The lowest BCUT2D eigenvalue weighted by Gasteiger charge is -2.41. The Morgan fingerprint density at radius 1 is 1.17 bits per heavy atom. The average molecular weight is 606 g/mol. The second-order valence-electron chi connectivity index (χ2n) is 11.7. The molecule has 7 nitrogen and oxygen atoms in total. The van der Waals surface area contributed by atoms with Crippen LogP contribution in [0.5, 0.6) is 0 Å². The number of thioether (sulfide) groups is 1.